The van der Waals surface area contributed by atoms with Gasteiger partial charge in [-0.1, -0.05) is 5.11 Å². The molecule has 0 atom stereocenters. The summed E-state index contributed by atoms with van der Waals surface area (Å²) >= 11 is 0. The molecule has 11 heteroatoms. The molecule has 1 amide bonds. The Morgan fingerprint density at radius 1 is 1.48 bits per heavy atom. The minimum atomic E-state index is -4.58. The molecule has 0 fully saturated rings. The lowest BCUT2D eigenvalue weighted by Gasteiger charge is -2.28. The Hall–Kier alpha value is -2.94. The van der Waals surface area contributed by atoms with Crippen LogP contribution in [-0.4, -0.2) is 52.7 Å². The minimum Gasteiger partial charge on any atom is -0.468 e. The summed E-state index contributed by atoms with van der Waals surface area (Å²) in [6.45, 7) is -7.82. The lowest BCUT2D eigenvalue weighted by molar-refractivity contribution is -0.153. The van der Waals surface area contributed by atoms with Crippen molar-refractivity contribution in [2.45, 2.75) is 12.7 Å². The monoisotopic (exact) mass is 358 g/mol. The van der Waals surface area contributed by atoms with Crippen molar-refractivity contribution in [3.05, 3.63) is 34.5 Å². The van der Waals surface area contributed by atoms with E-state index in [4.69, 9.17) is 15.8 Å². The Bertz CT molecular complexity index is 1020. The molecular weight excluding hydrogens is 341 g/mol. The molecule has 0 unspecified atom stereocenters. The van der Waals surface area contributed by atoms with E-state index in [0.29, 0.717) is 10.4 Å². The average Bonchev–Trinajstić information content (AvgIpc) is 2.99. The number of halogens is 3. The zero-order chi connectivity index (χ0) is 21.6. The van der Waals surface area contributed by atoms with Crippen molar-refractivity contribution in [1.29, 1.82) is 0 Å². The fourth-order valence-electron chi connectivity index (χ4n) is 2.49. The van der Waals surface area contributed by atoms with Gasteiger partial charge >= 0.3 is 6.18 Å². The average molecular weight is 358 g/mol. The third-order valence-corrected chi connectivity index (χ3v) is 3.46. The van der Waals surface area contributed by atoms with Crippen molar-refractivity contribution in [3.63, 3.8) is 0 Å². The van der Waals surface area contributed by atoms with E-state index in [1.807, 2.05) is 0 Å². The Kier molecular flexibility index (Phi) is 3.24. The second-order valence-electron chi connectivity index (χ2n) is 5.00. The number of rotatable bonds is 5. The number of amides is 1. The molecule has 8 nitrogen and oxygen atoms in total. The highest BCUT2D eigenvalue weighted by Gasteiger charge is 2.30. The van der Waals surface area contributed by atoms with E-state index < -0.39 is 31.7 Å². The van der Waals surface area contributed by atoms with Gasteiger partial charge in [0.2, 0.25) is 5.88 Å². The molecule has 0 spiro atoms. The molecule has 0 aromatic carbocycles. The quantitative estimate of drug-likeness (QED) is 0.467. The highest BCUT2D eigenvalue weighted by molar-refractivity contribution is 6.00. The topological polar surface area (TPSA) is 96.1 Å². The van der Waals surface area contributed by atoms with Crippen LogP contribution < -0.4 is 4.74 Å². The smallest absolute Gasteiger partial charge is 0.422 e. The van der Waals surface area contributed by atoms with Gasteiger partial charge in [0.15, 0.2) is 6.61 Å². The van der Waals surface area contributed by atoms with Gasteiger partial charge in [0.25, 0.3) is 5.91 Å². The molecule has 2 aromatic heterocycles. The number of alkyl halides is 3. The van der Waals surface area contributed by atoms with Crippen LogP contribution in [-0.2, 0) is 6.54 Å². The Balaban J connectivity index is 2.01. The summed E-state index contributed by atoms with van der Waals surface area (Å²) in [5, 5.41) is 2.93. The molecular formula is C14H13F3N6O2. The van der Waals surface area contributed by atoms with Gasteiger partial charge in [-0.3, -0.25) is 4.79 Å². The van der Waals surface area contributed by atoms with Gasteiger partial charge in [-0.05, 0) is 17.7 Å². The molecule has 0 N–H and O–H groups in total. The molecule has 2 aromatic rings. The first-order valence-corrected chi connectivity index (χ1v) is 6.95. The number of pyridine rings is 1. The van der Waals surface area contributed by atoms with Crippen molar-refractivity contribution >= 4 is 16.8 Å². The second-order valence-corrected chi connectivity index (χ2v) is 5.00. The van der Waals surface area contributed by atoms with Crippen LogP contribution in [0.4, 0.5) is 13.2 Å². The van der Waals surface area contributed by atoms with Crippen LogP contribution in [0.3, 0.4) is 0 Å². The number of nitrogens with zero attached hydrogens (tertiary/aromatic N) is 6. The van der Waals surface area contributed by atoms with Crippen molar-refractivity contribution in [2.24, 2.45) is 5.11 Å². The molecule has 132 valence electrons. The van der Waals surface area contributed by atoms with Gasteiger partial charge in [0, 0.05) is 42.7 Å². The van der Waals surface area contributed by atoms with Gasteiger partial charge in [0.05, 0.1) is 10.9 Å². The summed E-state index contributed by atoms with van der Waals surface area (Å²) in [6.07, 6.45) is -3.36. The fourth-order valence-corrected chi connectivity index (χ4v) is 2.49. The summed E-state index contributed by atoms with van der Waals surface area (Å²) in [5.41, 5.74) is 8.74. The number of aromatic nitrogens is 2. The number of hydrogen-bond acceptors (Lipinski definition) is 4. The van der Waals surface area contributed by atoms with Crippen LogP contribution in [0.25, 0.3) is 21.3 Å². The molecule has 0 aliphatic carbocycles. The highest BCUT2D eigenvalue weighted by atomic mass is 19.4. The van der Waals surface area contributed by atoms with Crippen LogP contribution in [0.2, 0.25) is 0 Å². The number of azide groups is 1. The van der Waals surface area contributed by atoms with Crippen LogP contribution in [0.15, 0.2) is 23.4 Å². The van der Waals surface area contributed by atoms with Crippen molar-refractivity contribution < 1.29 is 28.2 Å². The Morgan fingerprint density at radius 3 is 3.00 bits per heavy atom. The minimum absolute atomic E-state index is 0.0269. The van der Waals surface area contributed by atoms with Crippen LogP contribution in [0.1, 0.15) is 16.0 Å². The largest absolute Gasteiger partial charge is 0.468 e. The predicted octanol–water partition coefficient (Wildman–Crippen LogP) is 2.74. The SMILES string of the molecule is [2H]C([2H])(N=[N+]=[N-])C([2H])([2H])N1CCn2c(cc3c(OCC(F)(F)F)nccc32)C1=O. The van der Waals surface area contributed by atoms with E-state index in [1.165, 1.54) is 22.9 Å². The lowest BCUT2D eigenvalue weighted by atomic mass is 10.2. The second kappa shape index (κ2) is 6.52. The van der Waals surface area contributed by atoms with E-state index in [2.05, 4.69) is 15.0 Å². The highest BCUT2D eigenvalue weighted by Crippen LogP contribution is 2.30. The molecule has 0 bridgehead atoms. The van der Waals surface area contributed by atoms with Crippen molar-refractivity contribution in [1.82, 2.24) is 14.5 Å². The number of carbonyl (C=O) groups is 1. The standard InChI is InChI=1S/C14H13F3N6O2/c15-14(16,17)8-25-12-9-7-11-13(24)22(4-3-20-21-18)5-6-23(11)10(9)1-2-19-12/h1-2,7H,3-6,8H2/i3D2,4D2. The number of carbonyl (C=O) groups excluding carboxylic acids is 1. The van der Waals surface area contributed by atoms with E-state index in [1.54, 1.807) is 0 Å². The summed E-state index contributed by atoms with van der Waals surface area (Å²) in [6, 6.07) is 2.68. The van der Waals surface area contributed by atoms with Gasteiger partial charge < -0.3 is 14.2 Å². The van der Waals surface area contributed by atoms with Crippen LogP contribution in [0.5, 0.6) is 5.88 Å². The first-order chi connectivity index (χ1) is 13.4. The zero-order valence-electron chi connectivity index (χ0n) is 16.5. The van der Waals surface area contributed by atoms with E-state index >= 15 is 0 Å². The predicted molar refractivity (Wildman–Crippen MR) is 81.2 cm³/mol. The first kappa shape index (κ1) is 12.4. The van der Waals surface area contributed by atoms with Gasteiger partial charge in [-0.2, -0.15) is 13.2 Å². The molecule has 0 saturated heterocycles. The van der Waals surface area contributed by atoms with Crippen molar-refractivity contribution in [3.8, 4) is 5.88 Å². The van der Waals surface area contributed by atoms with E-state index in [9.17, 15) is 18.0 Å². The molecule has 25 heavy (non-hydrogen) atoms. The van der Waals surface area contributed by atoms with Gasteiger partial charge in [-0.25, -0.2) is 4.98 Å². The van der Waals surface area contributed by atoms with Crippen LogP contribution >= 0.6 is 0 Å². The number of hydrogen-bond donors (Lipinski definition) is 0. The Labute approximate surface area is 145 Å². The maximum atomic E-state index is 12.8. The van der Waals surface area contributed by atoms with E-state index in [-0.39, 0.29) is 30.0 Å². The molecule has 3 rings (SSSR count). The molecule has 1 aliphatic heterocycles. The number of ether oxygens (including phenoxy) is 1. The van der Waals surface area contributed by atoms with Crippen molar-refractivity contribution in [2.75, 3.05) is 26.1 Å². The summed E-state index contributed by atoms with van der Waals surface area (Å²) < 4.78 is 74.7. The summed E-state index contributed by atoms with van der Waals surface area (Å²) in [7, 11) is 0. The molecule has 1 aliphatic rings. The maximum absolute atomic E-state index is 12.8. The zero-order valence-corrected chi connectivity index (χ0v) is 12.5. The Morgan fingerprint density at radius 2 is 2.28 bits per heavy atom. The summed E-state index contributed by atoms with van der Waals surface area (Å²) in [4.78, 5) is 19.5. The fraction of sp³-hybridized carbons (Fsp3) is 0.429. The van der Waals surface area contributed by atoms with Gasteiger partial charge in [0.1, 0.15) is 5.69 Å². The first-order valence-electron chi connectivity index (χ1n) is 8.95. The molecule has 0 saturated carbocycles. The summed E-state index contributed by atoms with van der Waals surface area (Å²) in [5.74, 6) is -1.26. The maximum Gasteiger partial charge on any atom is 0.422 e. The number of fused-ring (bicyclic) bond motifs is 3. The normalized spacial score (nSPS) is 17.9. The third-order valence-electron chi connectivity index (χ3n) is 3.46. The van der Waals surface area contributed by atoms with Crippen LogP contribution in [0, 0.1) is 0 Å². The molecule has 3 heterocycles. The van der Waals surface area contributed by atoms with Gasteiger partial charge in [-0.15, -0.1) is 0 Å². The van der Waals surface area contributed by atoms with E-state index in [0.717, 1.165) is 0 Å². The third kappa shape index (κ3) is 3.45. The lowest BCUT2D eigenvalue weighted by Crippen LogP contribution is -2.41. The molecule has 0 radical (unpaired) electrons.